The molecule has 0 aliphatic heterocycles. The minimum atomic E-state index is -4.00. The van der Waals surface area contributed by atoms with Crippen molar-refractivity contribution in [3.8, 4) is 0 Å². The summed E-state index contributed by atoms with van der Waals surface area (Å²) < 4.78 is 54.0. The highest BCUT2D eigenvalue weighted by molar-refractivity contribution is 7.92. The van der Waals surface area contributed by atoms with Crippen molar-refractivity contribution in [3.63, 3.8) is 0 Å². The Balaban J connectivity index is 0.00000288. The van der Waals surface area contributed by atoms with Crippen LogP contribution in [0.4, 0.5) is 0 Å². The molecular formula is C14H24ClN3O4S2. The Hall–Kier alpha value is -0.710. The molecule has 0 atom stereocenters. The lowest BCUT2D eigenvalue weighted by molar-refractivity contribution is 0.399. The molecule has 0 unspecified atom stereocenters. The lowest BCUT2D eigenvalue weighted by Crippen LogP contribution is -2.51. The molecule has 0 aromatic heterocycles. The summed E-state index contributed by atoms with van der Waals surface area (Å²) >= 11 is 0. The van der Waals surface area contributed by atoms with E-state index in [9.17, 15) is 16.8 Å². The highest BCUT2D eigenvalue weighted by Gasteiger charge is 2.38. The number of nitrogens with two attached hydrogens (primary N) is 1. The summed E-state index contributed by atoms with van der Waals surface area (Å²) in [5, 5.41) is 0. The van der Waals surface area contributed by atoms with E-state index in [1.54, 1.807) is 0 Å². The predicted molar refractivity (Wildman–Crippen MR) is 95.1 cm³/mol. The Morgan fingerprint density at radius 2 is 1.58 bits per heavy atom. The SMILES string of the molecule is CN(C)S(=O)(=O)c1ccccc1S(=O)(=O)NC1(CN)CCCC1.Cl. The molecule has 10 heteroatoms. The maximum absolute atomic E-state index is 12.8. The summed E-state index contributed by atoms with van der Waals surface area (Å²) in [5.74, 6) is 0. The minimum absolute atomic E-state index is 0. The molecule has 24 heavy (non-hydrogen) atoms. The zero-order valence-corrected chi connectivity index (χ0v) is 16.2. The van der Waals surface area contributed by atoms with Crippen molar-refractivity contribution in [1.82, 2.24) is 9.03 Å². The molecule has 2 rings (SSSR count). The van der Waals surface area contributed by atoms with Crippen molar-refractivity contribution >= 4 is 32.5 Å². The lowest BCUT2D eigenvalue weighted by atomic mass is 10.0. The second-order valence-corrected chi connectivity index (χ2v) is 9.80. The molecule has 3 N–H and O–H groups in total. The molecule has 1 fully saturated rings. The van der Waals surface area contributed by atoms with E-state index in [-0.39, 0.29) is 28.7 Å². The minimum Gasteiger partial charge on any atom is -0.329 e. The van der Waals surface area contributed by atoms with Crippen LogP contribution in [0.25, 0.3) is 0 Å². The van der Waals surface area contributed by atoms with Gasteiger partial charge in [0, 0.05) is 26.2 Å². The van der Waals surface area contributed by atoms with Crippen molar-refractivity contribution in [3.05, 3.63) is 24.3 Å². The third kappa shape index (κ3) is 4.09. The van der Waals surface area contributed by atoms with Crippen molar-refractivity contribution in [2.75, 3.05) is 20.6 Å². The van der Waals surface area contributed by atoms with Crippen LogP contribution in [-0.4, -0.2) is 47.3 Å². The Morgan fingerprint density at radius 3 is 2.04 bits per heavy atom. The average molecular weight is 398 g/mol. The first-order chi connectivity index (χ1) is 10.6. The van der Waals surface area contributed by atoms with E-state index in [1.165, 1.54) is 38.4 Å². The van der Waals surface area contributed by atoms with Crippen LogP contribution in [0.5, 0.6) is 0 Å². The fourth-order valence-electron chi connectivity index (χ4n) is 2.82. The molecule has 0 bridgehead atoms. The quantitative estimate of drug-likeness (QED) is 0.741. The van der Waals surface area contributed by atoms with Gasteiger partial charge in [-0.25, -0.2) is 25.9 Å². The van der Waals surface area contributed by atoms with Gasteiger partial charge < -0.3 is 5.73 Å². The highest BCUT2D eigenvalue weighted by atomic mass is 35.5. The summed E-state index contributed by atoms with van der Waals surface area (Å²) in [5.41, 5.74) is 5.09. The van der Waals surface area contributed by atoms with Crippen molar-refractivity contribution in [1.29, 1.82) is 0 Å². The van der Waals surface area contributed by atoms with Gasteiger partial charge in [0.25, 0.3) is 0 Å². The van der Waals surface area contributed by atoms with E-state index in [0.29, 0.717) is 12.8 Å². The average Bonchev–Trinajstić information content (AvgIpc) is 2.95. The molecule has 1 aromatic carbocycles. The first-order valence-corrected chi connectivity index (χ1v) is 10.3. The molecule has 1 saturated carbocycles. The topological polar surface area (TPSA) is 110 Å². The summed E-state index contributed by atoms with van der Waals surface area (Å²) in [7, 11) is -5.13. The monoisotopic (exact) mass is 397 g/mol. The number of sulfonamides is 2. The number of hydrogen-bond acceptors (Lipinski definition) is 5. The maximum Gasteiger partial charge on any atom is 0.243 e. The van der Waals surface area contributed by atoms with E-state index < -0.39 is 25.6 Å². The molecule has 0 saturated heterocycles. The second-order valence-electron chi connectivity index (χ2n) is 6.03. The first kappa shape index (κ1) is 21.3. The molecule has 0 amide bonds. The number of halogens is 1. The fraction of sp³-hybridized carbons (Fsp3) is 0.571. The van der Waals surface area contributed by atoms with Crippen molar-refractivity contribution in [2.45, 2.75) is 41.0 Å². The molecule has 0 spiro atoms. The third-order valence-corrected chi connectivity index (χ3v) is 7.84. The molecule has 1 aromatic rings. The van der Waals surface area contributed by atoms with Gasteiger partial charge in [0.2, 0.25) is 20.0 Å². The van der Waals surface area contributed by atoms with Crippen LogP contribution >= 0.6 is 12.4 Å². The van der Waals surface area contributed by atoms with Gasteiger partial charge in [-0.05, 0) is 25.0 Å². The molecule has 7 nitrogen and oxygen atoms in total. The predicted octanol–water partition coefficient (Wildman–Crippen LogP) is 0.909. The van der Waals surface area contributed by atoms with E-state index in [4.69, 9.17) is 5.73 Å². The van der Waals surface area contributed by atoms with Gasteiger partial charge in [0.1, 0.15) is 9.79 Å². The number of benzene rings is 1. The van der Waals surface area contributed by atoms with E-state index >= 15 is 0 Å². The van der Waals surface area contributed by atoms with Gasteiger partial charge in [-0.2, -0.15) is 0 Å². The van der Waals surface area contributed by atoms with Gasteiger partial charge in [-0.1, -0.05) is 25.0 Å². The van der Waals surface area contributed by atoms with Crippen LogP contribution in [0.1, 0.15) is 25.7 Å². The van der Waals surface area contributed by atoms with E-state index in [1.807, 2.05) is 0 Å². The summed E-state index contributed by atoms with van der Waals surface area (Å²) in [6, 6.07) is 5.61. The van der Waals surface area contributed by atoms with Crippen LogP contribution in [-0.2, 0) is 20.0 Å². The largest absolute Gasteiger partial charge is 0.329 e. The third-order valence-electron chi connectivity index (χ3n) is 4.20. The zero-order valence-electron chi connectivity index (χ0n) is 13.7. The summed E-state index contributed by atoms with van der Waals surface area (Å²) in [6.45, 7) is 0.189. The Kier molecular flexibility index (Phi) is 6.82. The molecule has 138 valence electrons. The zero-order chi connectivity index (χ0) is 17.3. The standard InChI is InChI=1S/C14H23N3O4S2.ClH/c1-17(2)23(20,21)13-8-4-3-7-12(13)22(18,19)16-14(11-15)9-5-6-10-14;/h3-4,7-8,16H,5-6,9-11,15H2,1-2H3;1H. The summed E-state index contributed by atoms with van der Waals surface area (Å²) in [6.07, 6.45) is 3.12. The number of rotatable bonds is 6. The van der Waals surface area contributed by atoms with Gasteiger partial charge in [-0.15, -0.1) is 12.4 Å². The Labute approximate surface area is 150 Å². The molecule has 0 radical (unpaired) electrons. The molecule has 1 aliphatic carbocycles. The first-order valence-electron chi connectivity index (χ1n) is 7.40. The summed E-state index contributed by atoms with van der Waals surface area (Å²) in [4.78, 5) is -0.476. The van der Waals surface area contributed by atoms with E-state index in [2.05, 4.69) is 4.72 Å². The van der Waals surface area contributed by atoms with Gasteiger partial charge in [-0.3, -0.25) is 0 Å². The Bertz CT molecular complexity index is 773. The number of hydrogen-bond donors (Lipinski definition) is 2. The number of nitrogens with one attached hydrogen (secondary N) is 1. The molecule has 1 aliphatic rings. The normalized spacial score (nSPS) is 17.7. The Morgan fingerprint density at radius 1 is 1.08 bits per heavy atom. The van der Waals surface area contributed by atoms with Crippen molar-refractivity contribution in [2.24, 2.45) is 5.73 Å². The van der Waals surface area contributed by atoms with Crippen LogP contribution in [0, 0.1) is 0 Å². The highest BCUT2D eigenvalue weighted by Crippen LogP contribution is 2.31. The maximum atomic E-state index is 12.8. The number of nitrogens with zero attached hydrogens (tertiary/aromatic N) is 1. The van der Waals surface area contributed by atoms with Gasteiger partial charge in [0.05, 0.1) is 0 Å². The van der Waals surface area contributed by atoms with Gasteiger partial charge >= 0.3 is 0 Å². The van der Waals surface area contributed by atoms with Crippen LogP contribution in [0.15, 0.2) is 34.1 Å². The van der Waals surface area contributed by atoms with Crippen LogP contribution < -0.4 is 10.5 Å². The van der Waals surface area contributed by atoms with Crippen LogP contribution in [0.2, 0.25) is 0 Å². The van der Waals surface area contributed by atoms with Crippen LogP contribution in [0.3, 0.4) is 0 Å². The molecule has 0 heterocycles. The fourth-order valence-corrected chi connectivity index (χ4v) is 5.99. The smallest absolute Gasteiger partial charge is 0.243 e. The molecular weight excluding hydrogens is 374 g/mol. The van der Waals surface area contributed by atoms with E-state index in [0.717, 1.165) is 17.1 Å². The lowest BCUT2D eigenvalue weighted by Gasteiger charge is -2.28. The van der Waals surface area contributed by atoms with Crippen molar-refractivity contribution < 1.29 is 16.8 Å². The van der Waals surface area contributed by atoms with Gasteiger partial charge in [0.15, 0.2) is 0 Å². The second kappa shape index (κ2) is 7.67.